The first-order chi connectivity index (χ1) is 8.25. The molecule has 18 heavy (non-hydrogen) atoms. The van der Waals surface area contributed by atoms with Crippen molar-refractivity contribution in [1.29, 1.82) is 0 Å². The highest BCUT2D eigenvalue weighted by molar-refractivity contribution is 5.80. The molecule has 0 saturated heterocycles. The number of carbonyl (C=O) groups excluding carboxylic acids is 1. The number of esters is 1. The molecule has 0 rings (SSSR count). The number of hydrogen-bond donors (Lipinski definition) is 1. The number of halogens is 3. The Labute approximate surface area is 105 Å². The van der Waals surface area contributed by atoms with Gasteiger partial charge in [0.25, 0.3) is 0 Å². The van der Waals surface area contributed by atoms with E-state index in [1.165, 1.54) is 7.11 Å². The van der Waals surface area contributed by atoms with Gasteiger partial charge in [0.2, 0.25) is 0 Å². The molecule has 108 valence electrons. The van der Waals surface area contributed by atoms with E-state index >= 15 is 0 Å². The lowest BCUT2D eigenvalue weighted by molar-refractivity contribution is -0.151. The van der Waals surface area contributed by atoms with Crippen LogP contribution in [0.5, 0.6) is 0 Å². The first-order valence-corrected chi connectivity index (χ1v) is 5.73. The van der Waals surface area contributed by atoms with Gasteiger partial charge in [-0.15, -0.1) is 0 Å². The standard InChI is InChI=1S/C11H20F3NO3/c1-4-15-10(2,9(16)17-3)5-7-18-8-6-11(12,13)14/h15H,4-8H2,1-3H3. The largest absolute Gasteiger partial charge is 0.468 e. The van der Waals surface area contributed by atoms with E-state index in [2.05, 4.69) is 10.1 Å². The summed E-state index contributed by atoms with van der Waals surface area (Å²) >= 11 is 0. The van der Waals surface area contributed by atoms with E-state index in [0.29, 0.717) is 6.54 Å². The normalized spacial score (nSPS) is 15.2. The minimum atomic E-state index is -4.21. The fourth-order valence-electron chi connectivity index (χ4n) is 1.44. The quantitative estimate of drug-likeness (QED) is 0.541. The number of ether oxygens (including phenoxy) is 2. The maximum Gasteiger partial charge on any atom is 0.391 e. The topological polar surface area (TPSA) is 47.6 Å². The molecule has 0 heterocycles. The Morgan fingerprint density at radius 2 is 1.78 bits per heavy atom. The average molecular weight is 271 g/mol. The third kappa shape index (κ3) is 6.80. The summed E-state index contributed by atoms with van der Waals surface area (Å²) in [6.45, 7) is 3.68. The van der Waals surface area contributed by atoms with E-state index in [1.54, 1.807) is 6.92 Å². The Morgan fingerprint density at radius 3 is 2.22 bits per heavy atom. The molecule has 0 aromatic heterocycles. The monoisotopic (exact) mass is 271 g/mol. The minimum Gasteiger partial charge on any atom is -0.468 e. The van der Waals surface area contributed by atoms with Gasteiger partial charge in [-0.05, 0) is 19.9 Å². The van der Waals surface area contributed by atoms with Crippen LogP contribution in [0, 0.1) is 0 Å². The lowest BCUT2D eigenvalue weighted by Gasteiger charge is -2.27. The van der Waals surface area contributed by atoms with Crippen LogP contribution in [0.4, 0.5) is 13.2 Å². The molecule has 0 bridgehead atoms. The first kappa shape index (κ1) is 17.2. The van der Waals surface area contributed by atoms with Gasteiger partial charge in [-0.2, -0.15) is 13.2 Å². The van der Waals surface area contributed by atoms with Crippen LogP contribution in [0.3, 0.4) is 0 Å². The van der Waals surface area contributed by atoms with Crippen LogP contribution in [0.1, 0.15) is 26.7 Å². The van der Waals surface area contributed by atoms with Gasteiger partial charge in [0, 0.05) is 6.61 Å². The molecule has 0 aromatic rings. The molecule has 1 unspecified atom stereocenters. The van der Waals surface area contributed by atoms with E-state index in [0.717, 1.165) is 0 Å². The van der Waals surface area contributed by atoms with Crippen LogP contribution in [0.25, 0.3) is 0 Å². The van der Waals surface area contributed by atoms with Crippen molar-refractivity contribution in [2.24, 2.45) is 0 Å². The number of methoxy groups -OCH3 is 1. The third-order valence-electron chi connectivity index (χ3n) is 2.48. The second-order valence-corrected chi connectivity index (χ2v) is 4.08. The molecule has 0 aliphatic rings. The Bertz CT molecular complexity index is 258. The molecule has 0 spiro atoms. The van der Waals surface area contributed by atoms with E-state index in [9.17, 15) is 18.0 Å². The van der Waals surface area contributed by atoms with Gasteiger partial charge >= 0.3 is 12.1 Å². The molecule has 0 fully saturated rings. The zero-order valence-electron chi connectivity index (χ0n) is 10.9. The summed E-state index contributed by atoms with van der Waals surface area (Å²) in [6.07, 6.45) is -4.94. The van der Waals surface area contributed by atoms with Crippen molar-refractivity contribution in [3.8, 4) is 0 Å². The Hall–Kier alpha value is -0.820. The molecule has 0 aliphatic heterocycles. The molecule has 4 nitrogen and oxygen atoms in total. The fraction of sp³-hybridized carbons (Fsp3) is 0.909. The predicted octanol–water partition coefficient (Wildman–Crippen LogP) is 1.89. The number of likely N-dealkylation sites (N-methyl/N-ethyl adjacent to an activating group) is 1. The highest BCUT2D eigenvalue weighted by atomic mass is 19.4. The molecular weight excluding hydrogens is 251 g/mol. The second-order valence-electron chi connectivity index (χ2n) is 4.08. The van der Waals surface area contributed by atoms with Gasteiger partial charge in [-0.1, -0.05) is 6.92 Å². The number of nitrogens with one attached hydrogen (secondary N) is 1. The Morgan fingerprint density at radius 1 is 1.22 bits per heavy atom. The summed E-state index contributed by atoms with van der Waals surface area (Å²) < 4.78 is 45.1. The summed E-state index contributed by atoms with van der Waals surface area (Å²) in [5.41, 5.74) is -0.929. The van der Waals surface area contributed by atoms with Crippen molar-refractivity contribution in [2.75, 3.05) is 26.9 Å². The Kier molecular flexibility index (Phi) is 7.23. The summed E-state index contributed by atoms with van der Waals surface area (Å²) in [5, 5.41) is 2.94. The maximum atomic E-state index is 11.9. The molecule has 0 aromatic carbocycles. The molecule has 7 heteroatoms. The molecule has 1 atom stereocenters. The van der Waals surface area contributed by atoms with Crippen LogP contribution in [0.2, 0.25) is 0 Å². The van der Waals surface area contributed by atoms with E-state index in [1.807, 2.05) is 6.92 Å². The van der Waals surface area contributed by atoms with Crippen molar-refractivity contribution < 1.29 is 27.4 Å². The van der Waals surface area contributed by atoms with Gasteiger partial charge in [-0.3, -0.25) is 4.79 Å². The van der Waals surface area contributed by atoms with Crippen LogP contribution in [-0.2, 0) is 14.3 Å². The van der Waals surface area contributed by atoms with Crippen LogP contribution in [0.15, 0.2) is 0 Å². The lowest BCUT2D eigenvalue weighted by Crippen LogP contribution is -2.50. The number of carbonyl (C=O) groups is 1. The maximum absolute atomic E-state index is 11.9. The number of hydrogen-bond acceptors (Lipinski definition) is 4. The zero-order valence-corrected chi connectivity index (χ0v) is 10.9. The second kappa shape index (κ2) is 7.58. The summed E-state index contributed by atoms with van der Waals surface area (Å²) in [7, 11) is 1.27. The van der Waals surface area contributed by atoms with Gasteiger partial charge in [0.1, 0.15) is 5.54 Å². The smallest absolute Gasteiger partial charge is 0.391 e. The van der Waals surface area contributed by atoms with E-state index in [4.69, 9.17) is 4.74 Å². The van der Waals surface area contributed by atoms with Crippen molar-refractivity contribution in [2.45, 2.75) is 38.4 Å². The highest BCUT2D eigenvalue weighted by Gasteiger charge is 2.33. The Balaban J connectivity index is 4.02. The third-order valence-corrected chi connectivity index (χ3v) is 2.48. The van der Waals surface area contributed by atoms with Crippen molar-refractivity contribution in [3.63, 3.8) is 0 Å². The molecule has 0 amide bonds. The lowest BCUT2D eigenvalue weighted by atomic mass is 9.98. The predicted molar refractivity (Wildman–Crippen MR) is 60.2 cm³/mol. The van der Waals surface area contributed by atoms with Crippen LogP contribution in [-0.4, -0.2) is 44.6 Å². The molecule has 1 N–H and O–H groups in total. The highest BCUT2D eigenvalue weighted by Crippen LogP contribution is 2.19. The van der Waals surface area contributed by atoms with Crippen LogP contribution >= 0.6 is 0 Å². The zero-order chi connectivity index (χ0) is 14.2. The summed E-state index contributed by atoms with van der Waals surface area (Å²) in [6, 6.07) is 0. The van der Waals surface area contributed by atoms with Crippen molar-refractivity contribution in [1.82, 2.24) is 5.32 Å². The van der Waals surface area contributed by atoms with E-state index < -0.39 is 30.7 Å². The minimum absolute atomic E-state index is 0.0642. The van der Waals surface area contributed by atoms with Gasteiger partial charge in [0.15, 0.2) is 0 Å². The number of rotatable bonds is 8. The number of alkyl halides is 3. The summed E-state index contributed by atoms with van der Waals surface area (Å²) in [4.78, 5) is 11.5. The van der Waals surface area contributed by atoms with Crippen molar-refractivity contribution in [3.05, 3.63) is 0 Å². The van der Waals surface area contributed by atoms with Crippen molar-refractivity contribution >= 4 is 5.97 Å². The molecule has 0 aliphatic carbocycles. The molecular formula is C11H20F3NO3. The van der Waals surface area contributed by atoms with Gasteiger partial charge in [0.05, 0.1) is 20.1 Å². The fourth-order valence-corrected chi connectivity index (χ4v) is 1.44. The van der Waals surface area contributed by atoms with Gasteiger partial charge < -0.3 is 14.8 Å². The first-order valence-electron chi connectivity index (χ1n) is 5.73. The molecule has 0 radical (unpaired) electrons. The summed E-state index contributed by atoms with van der Waals surface area (Å²) in [5.74, 6) is -0.455. The molecule has 0 saturated carbocycles. The van der Waals surface area contributed by atoms with Crippen LogP contribution < -0.4 is 5.32 Å². The van der Waals surface area contributed by atoms with Gasteiger partial charge in [-0.25, -0.2) is 0 Å². The SMILES string of the molecule is CCNC(C)(CCOCCC(F)(F)F)C(=O)OC. The average Bonchev–Trinajstić information content (AvgIpc) is 2.26. The van der Waals surface area contributed by atoms with E-state index in [-0.39, 0.29) is 13.0 Å².